The van der Waals surface area contributed by atoms with Gasteiger partial charge in [0.25, 0.3) is 0 Å². The molecule has 0 saturated heterocycles. The largest absolute Gasteiger partial charge is 0.496 e. The molecule has 3 nitrogen and oxygen atoms in total. The normalized spacial score (nSPS) is 10.6. The van der Waals surface area contributed by atoms with Crippen molar-refractivity contribution < 1.29 is 14.2 Å². The molecule has 0 aromatic heterocycles. The molecule has 0 saturated carbocycles. The van der Waals surface area contributed by atoms with E-state index in [1.54, 1.807) is 21.3 Å². The summed E-state index contributed by atoms with van der Waals surface area (Å²) in [7, 11) is 5.19. The molecule has 0 aliphatic carbocycles. The van der Waals surface area contributed by atoms with E-state index in [9.17, 15) is 0 Å². The van der Waals surface area contributed by atoms with Crippen molar-refractivity contribution >= 4 is 32.3 Å². The minimum Gasteiger partial charge on any atom is -0.496 e. The number of benzene rings is 9. The zero-order valence-electron chi connectivity index (χ0n) is 33.5. The Kier molecular flexibility index (Phi) is 12.0. The van der Waals surface area contributed by atoms with Crippen molar-refractivity contribution in [1.82, 2.24) is 0 Å². The van der Waals surface area contributed by atoms with Crippen LogP contribution in [-0.2, 0) is 0 Å². The average Bonchev–Trinajstić information content (AvgIpc) is 3.27. The van der Waals surface area contributed by atoms with Crippen LogP contribution in [-0.4, -0.2) is 21.3 Å². The van der Waals surface area contributed by atoms with Gasteiger partial charge in [0.05, 0.1) is 21.3 Å². The smallest absolute Gasteiger partial charge is 0.127 e. The highest BCUT2D eigenvalue weighted by atomic mass is 16.5. The molecular formula is C54H48O3. The second kappa shape index (κ2) is 17.7. The van der Waals surface area contributed by atoms with Crippen molar-refractivity contribution in [2.75, 3.05) is 21.3 Å². The van der Waals surface area contributed by atoms with E-state index in [0.29, 0.717) is 0 Å². The molecule has 0 amide bonds. The fraction of sp³-hybridized carbons (Fsp3) is 0.111. The van der Waals surface area contributed by atoms with Crippen LogP contribution >= 0.6 is 0 Å². The van der Waals surface area contributed by atoms with Gasteiger partial charge in [-0.2, -0.15) is 0 Å². The monoisotopic (exact) mass is 744 g/mol. The predicted octanol–water partition coefficient (Wildman–Crippen LogP) is 14.5. The predicted molar refractivity (Wildman–Crippen MR) is 242 cm³/mol. The lowest BCUT2D eigenvalue weighted by Crippen LogP contribution is -1.92. The van der Waals surface area contributed by atoms with Gasteiger partial charge in [-0.15, -0.1) is 0 Å². The third kappa shape index (κ3) is 8.10. The van der Waals surface area contributed by atoms with Gasteiger partial charge < -0.3 is 14.2 Å². The molecule has 0 heterocycles. The van der Waals surface area contributed by atoms with E-state index < -0.39 is 0 Å². The Labute approximate surface area is 336 Å². The zero-order chi connectivity index (χ0) is 39.7. The van der Waals surface area contributed by atoms with Gasteiger partial charge in [-0.3, -0.25) is 0 Å². The lowest BCUT2D eigenvalue weighted by atomic mass is 9.93. The van der Waals surface area contributed by atoms with Crippen LogP contribution in [0.2, 0.25) is 0 Å². The third-order valence-electron chi connectivity index (χ3n) is 10.6. The number of aryl methyl sites for hydroxylation is 2. The lowest BCUT2D eigenvalue weighted by Gasteiger charge is -2.15. The molecule has 3 heteroatoms. The second-order valence-corrected chi connectivity index (χ2v) is 14.0. The highest BCUT2D eigenvalue weighted by Crippen LogP contribution is 2.40. The Hall–Kier alpha value is -6.84. The van der Waals surface area contributed by atoms with Crippen LogP contribution in [0.3, 0.4) is 0 Å². The maximum atomic E-state index is 5.59. The zero-order valence-corrected chi connectivity index (χ0v) is 33.5. The topological polar surface area (TPSA) is 27.7 Å². The Morgan fingerprint density at radius 3 is 1.25 bits per heavy atom. The summed E-state index contributed by atoms with van der Waals surface area (Å²) in [6.07, 6.45) is 0. The van der Waals surface area contributed by atoms with Crippen molar-refractivity contribution in [2.45, 2.75) is 20.8 Å². The molecule has 0 radical (unpaired) electrons. The number of fused-ring (bicyclic) bond motifs is 3. The van der Waals surface area contributed by atoms with Gasteiger partial charge in [-0.1, -0.05) is 164 Å². The van der Waals surface area contributed by atoms with Crippen LogP contribution in [0, 0.1) is 20.8 Å². The molecule has 0 spiro atoms. The van der Waals surface area contributed by atoms with Gasteiger partial charge in [-0.25, -0.2) is 0 Å². The standard InChI is InChI=1S/3C18H16O/c1-13-17(19-2)12-15-10-6-7-11-16(15)18(13)14-8-4-3-5-9-14;1-13-16-11-7-6-10-15(16)12-17(19-2)18(13)14-8-4-3-5-9-14;1-13-12-17(19-2)15-10-6-7-11-16(15)18(13)14-8-4-3-5-9-14/h3*3-12H,1-2H3. The maximum absolute atomic E-state index is 5.59. The van der Waals surface area contributed by atoms with Crippen LogP contribution in [0.4, 0.5) is 0 Å². The van der Waals surface area contributed by atoms with Crippen LogP contribution in [0.5, 0.6) is 17.2 Å². The second-order valence-electron chi connectivity index (χ2n) is 14.0. The molecule has 0 unspecified atom stereocenters. The number of ether oxygens (including phenoxy) is 3. The van der Waals surface area contributed by atoms with E-state index in [1.165, 1.54) is 77.0 Å². The van der Waals surface area contributed by atoms with E-state index in [0.717, 1.165) is 22.6 Å². The SMILES string of the molecule is COc1cc(C)c(-c2ccccc2)c2ccccc12.COc1cc2ccccc2c(-c2ccccc2)c1C.COc1cc2ccccc2c(C)c1-c1ccccc1. The maximum Gasteiger partial charge on any atom is 0.127 e. The summed E-state index contributed by atoms with van der Waals surface area (Å²) in [5, 5.41) is 7.38. The first-order valence-electron chi connectivity index (χ1n) is 19.3. The number of hydrogen-bond acceptors (Lipinski definition) is 3. The Bertz CT molecular complexity index is 2760. The highest BCUT2D eigenvalue weighted by molar-refractivity contribution is 6.02. The van der Waals surface area contributed by atoms with Gasteiger partial charge in [0, 0.05) is 10.9 Å². The number of hydrogen-bond donors (Lipinski definition) is 0. The lowest BCUT2D eigenvalue weighted by molar-refractivity contribution is 0.412. The van der Waals surface area contributed by atoms with Gasteiger partial charge >= 0.3 is 0 Å². The summed E-state index contributed by atoms with van der Waals surface area (Å²) in [5.41, 5.74) is 11.1. The van der Waals surface area contributed by atoms with Gasteiger partial charge in [0.15, 0.2) is 0 Å². The van der Waals surface area contributed by atoms with Crippen molar-refractivity contribution in [3.05, 3.63) is 199 Å². The molecular weight excluding hydrogens is 697 g/mol. The Balaban J connectivity index is 0.000000131. The fourth-order valence-corrected chi connectivity index (χ4v) is 7.87. The molecule has 0 atom stereocenters. The molecule has 9 aromatic rings. The first-order valence-corrected chi connectivity index (χ1v) is 19.3. The summed E-state index contributed by atoms with van der Waals surface area (Å²) in [5.74, 6) is 2.81. The van der Waals surface area contributed by atoms with Gasteiger partial charge in [0.1, 0.15) is 17.2 Å². The minimum absolute atomic E-state index is 0.933. The van der Waals surface area contributed by atoms with E-state index in [2.05, 4.69) is 185 Å². The molecule has 57 heavy (non-hydrogen) atoms. The van der Waals surface area contributed by atoms with Crippen LogP contribution in [0.1, 0.15) is 16.7 Å². The molecule has 0 N–H and O–H groups in total. The average molecular weight is 745 g/mol. The van der Waals surface area contributed by atoms with Crippen molar-refractivity contribution in [3.8, 4) is 50.6 Å². The van der Waals surface area contributed by atoms with E-state index in [-0.39, 0.29) is 0 Å². The summed E-state index contributed by atoms with van der Waals surface area (Å²) >= 11 is 0. The van der Waals surface area contributed by atoms with Crippen LogP contribution in [0.25, 0.3) is 65.7 Å². The molecule has 0 aliphatic rings. The van der Waals surface area contributed by atoms with Gasteiger partial charge in [-0.05, 0) is 110 Å². The van der Waals surface area contributed by atoms with Crippen molar-refractivity contribution in [3.63, 3.8) is 0 Å². The third-order valence-corrected chi connectivity index (χ3v) is 10.6. The Morgan fingerprint density at radius 1 is 0.298 bits per heavy atom. The molecule has 0 aliphatic heterocycles. The summed E-state index contributed by atoms with van der Waals surface area (Å²) in [4.78, 5) is 0. The molecule has 0 bridgehead atoms. The molecule has 9 rings (SSSR count). The number of methoxy groups -OCH3 is 3. The number of rotatable bonds is 6. The van der Waals surface area contributed by atoms with Crippen LogP contribution < -0.4 is 14.2 Å². The quantitative estimate of drug-likeness (QED) is 0.170. The first kappa shape index (κ1) is 38.4. The van der Waals surface area contributed by atoms with Crippen molar-refractivity contribution in [1.29, 1.82) is 0 Å². The minimum atomic E-state index is 0.933. The van der Waals surface area contributed by atoms with E-state index >= 15 is 0 Å². The fourth-order valence-electron chi connectivity index (χ4n) is 7.87. The summed E-state index contributed by atoms with van der Waals surface area (Å²) in [6, 6.07) is 63.0. The summed E-state index contributed by atoms with van der Waals surface area (Å²) < 4.78 is 16.6. The first-order chi connectivity index (χ1) is 27.9. The highest BCUT2D eigenvalue weighted by Gasteiger charge is 2.14. The van der Waals surface area contributed by atoms with Crippen molar-refractivity contribution in [2.24, 2.45) is 0 Å². The van der Waals surface area contributed by atoms with E-state index in [4.69, 9.17) is 14.2 Å². The Morgan fingerprint density at radius 2 is 0.702 bits per heavy atom. The molecule has 0 fully saturated rings. The summed E-state index contributed by atoms with van der Waals surface area (Å²) in [6.45, 7) is 6.41. The van der Waals surface area contributed by atoms with E-state index in [1.807, 2.05) is 18.2 Å². The molecule has 282 valence electrons. The molecule has 9 aromatic carbocycles. The van der Waals surface area contributed by atoms with Crippen LogP contribution in [0.15, 0.2) is 182 Å². The van der Waals surface area contributed by atoms with Gasteiger partial charge in [0.2, 0.25) is 0 Å².